The second kappa shape index (κ2) is 5.25. The molecule has 0 aliphatic carbocycles. The van der Waals surface area contributed by atoms with Crippen molar-refractivity contribution in [3.8, 4) is 0 Å². The van der Waals surface area contributed by atoms with E-state index in [2.05, 4.69) is 22.1 Å². The number of carbonyl (C=O) groups excluding carboxylic acids is 1. The number of hydrogen-bond donors (Lipinski definition) is 1. The minimum atomic E-state index is -0.121. The summed E-state index contributed by atoms with van der Waals surface area (Å²) in [7, 11) is 0. The van der Waals surface area contributed by atoms with Gasteiger partial charge in [-0.05, 0) is 56.4 Å². The molecule has 116 valence electrons. The van der Waals surface area contributed by atoms with Crippen LogP contribution in [0.25, 0.3) is 11.0 Å². The average Bonchev–Trinajstić information content (AvgIpc) is 2.90. The molecular weight excluding hydrogens is 302 g/mol. The summed E-state index contributed by atoms with van der Waals surface area (Å²) in [5, 5.41) is 4.29. The van der Waals surface area contributed by atoms with Crippen LogP contribution in [-0.4, -0.2) is 41.0 Å². The molecule has 2 atom stereocenters. The van der Waals surface area contributed by atoms with Crippen molar-refractivity contribution in [3.05, 3.63) is 29.2 Å². The van der Waals surface area contributed by atoms with E-state index in [-0.39, 0.29) is 11.9 Å². The predicted octanol–water partition coefficient (Wildman–Crippen LogP) is 2.69. The molecular formula is C16H18ClN3O2. The molecule has 3 saturated heterocycles. The highest BCUT2D eigenvalue weighted by Crippen LogP contribution is 2.32. The van der Waals surface area contributed by atoms with Gasteiger partial charge in [0.1, 0.15) is 5.69 Å². The zero-order valence-electron chi connectivity index (χ0n) is 12.4. The number of piperidine rings is 3. The Labute approximate surface area is 133 Å². The maximum absolute atomic E-state index is 12.5. The van der Waals surface area contributed by atoms with Crippen LogP contribution < -0.4 is 5.32 Å². The third-order valence-corrected chi connectivity index (χ3v) is 5.27. The van der Waals surface area contributed by atoms with E-state index in [1.54, 1.807) is 18.3 Å². The van der Waals surface area contributed by atoms with Crippen LogP contribution in [-0.2, 0) is 0 Å². The number of pyridine rings is 1. The molecule has 0 radical (unpaired) electrons. The van der Waals surface area contributed by atoms with Crippen LogP contribution in [0.3, 0.4) is 0 Å². The zero-order chi connectivity index (χ0) is 15.3. The minimum absolute atomic E-state index is 0.121. The lowest BCUT2D eigenvalue weighted by Crippen LogP contribution is -2.62. The summed E-state index contributed by atoms with van der Waals surface area (Å²) in [6, 6.07) is 4.03. The van der Waals surface area contributed by atoms with Gasteiger partial charge in [0.05, 0.1) is 6.20 Å². The Kier molecular flexibility index (Phi) is 3.35. The number of carbonyl (C=O) groups is 1. The van der Waals surface area contributed by atoms with Crippen LogP contribution in [0.2, 0.25) is 5.22 Å². The maximum atomic E-state index is 12.5. The molecule has 2 unspecified atom stereocenters. The van der Waals surface area contributed by atoms with Gasteiger partial charge in [-0.15, -0.1) is 0 Å². The fourth-order valence-corrected chi connectivity index (χ4v) is 4.01. The number of fused-ring (bicyclic) bond motifs is 4. The van der Waals surface area contributed by atoms with Gasteiger partial charge in [0, 0.05) is 23.5 Å². The van der Waals surface area contributed by atoms with Crippen molar-refractivity contribution in [2.24, 2.45) is 5.92 Å². The number of nitrogens with zero attached hydrogens (tertiary/aromatic N) is 2. The second-order valence-corrected chi connectivity index (χ2v) is 6.64. The lowest BCUT2D eigenvalue weighted by molar-refractivity contribution is 0.0216. The summed E-state index contributed by atoms with van der Waals surface area (Å²) < 4.78 is 5.27. The zero-order valence-corrected chi connectivity index (χ0v) is 13.1. The smallest absolute Gasteiger partial charge is 0.270 e. The predicted molar refractivity (Wildman–Crippen MR) is 84.0 cm³/mol. The van der Waals surface area contributed by atoms with Crippen LogP contribution >= 0.6 is 11.6 Å². The number of amides is 1. The van der Waals surface area contributed by atoms with Crippen LogP contribution in [0.4, 0.5) is 0 Å². The van der Waals surface area contributed by atoms with Crippen LogP contribution in [0.1, 0.15) is 30.3 Å². The van der Waals surface area contributed by atoms with Crippen LogP contribution in [0.15, 0.2) is 22.7 Å². The molecule has 0 aromatic carbocycles. The van der Waals surface area contributed by atoms with Crippen molar-refractivity contribution in [2.75, 3.05) is 13.1 Å². The molecule has 3 aliphatic rings. The van der Waals surface area contributed by atoms with E-state index in [0.717, 1.165) is 18.5 Å². The fourth-order valence-electron chi connectivity index (χ4n) is 3.81. The SMILES string of the molecule is CC1C(NC(=O)c2cc3cc(Cl)oc3cn2)C2CCN1CC2. The molecule has 0 saturated carbocycles. The third-order valence-electron chi connectivity index (χ3n) is 5.08. The minimum Gasteiger partial charge on any atom is -0.443 e. The number of aromatic nitrogens is 1. The van der Waals surface area contributed by atoms with E-state index in [1.165, 1.54) is 12.8 Å². The Bertz CT molecular complexity index is 719. The van der Waals surface area contributed by atoms with Gasteiger partial charge in [0.15, 0.2) is 10.8 Å². The molecule has 5 heterocycles. The van der Waals surface area contributed by atoms with E-state index < -0.39 is 0 Å². The van der Waals surface area contributed by atoms with E-state index in [0.29, 0.717) is 28.5 Å². The molecule has 2 aromatic rings. The van der Waals surface area contributed by atoms with Crippen LogP contribution in [0, 0.1) is 5.92 Å². The molecule has 3 fully saturated rings. The Morgan fingerprint density at radius 1 is 1.41 bits per heavy atom. The number of nitrogens with one attached hydrogen (secondary N) is 1. The number of halogens is 1. The monoisotopic (exact) mass is 319 g/mol. The maximum Gasteiger partial charge on any atom is 0.270 e. The Hall–Kier alpha value is -1.59. The van der Waals surface area contributed by atoms with Crippen molar-refractivity contribution >= 4 is 28.5 Å². The molecule has 6 heteroatoms. The molecule has 1 amide bonds. The highest BCUT2D eigenvalue weighted by atomic mass is 35.5. The first-order valence-corrected chi connectivity index (χ1v) is 8.09. The molecule has 5 nitrogen and oxygen atoms in total. The number of hydrogen-bond acceptors (Lipinski definition) is 4. The van der Waals surface area contributed by atoms with E-state index >= 15 is 0 Å². The molecule has 2 aromatic heterocycles. The summed E-state index contributed by atoms with van der Waals surface area (Å²) in [4.78, 5) is 19.2. The van der Waals surface area contributed by atoms with Gasteiger partial charge in [-0.25, -0.2) is 4.98 Å². The van der Waals surface area contributed by atoms with Gasteiger partial charge in [-0.1, -0.05) is 0 Å². The highest BCUT2D eigenvalue weighted by molar-refractivity contribution is 6.29. The third kappa shape index (κ3) is 2.29. The normalized spacial score (nSPS) is 30.6. The van der Waals surface area contributed by atoms with Crippen molar-refractivity contribution < 1.29 is 9.21 Å². The average molecular weight is 320 g/mol. The first-order chi connectivity index (χ1) is 10.6. The summed E-state index contributed by atoms with van der Waals surface area (Å²) >= 11 is 5.83. The lowest BCUT2D eigenvalue weighted by atomic mass is 9.79. The van der Waals surface area contributed by atoms with Crippen molar-refractivity contribution in [3.63, 3.8) is 0 Å². The highest BCUT2D eigenvalue weighted by Gasteiger charge is 2.40. The Balaban J connectivity index is 1.55. The molecule has 3 aliphatic heterocycles. The summed E-state index contributed by atoms with van der Waals surface area (Å²) in [5.74, 6) is 0.459. The van der Waals surface area contributed by atoms with E-state index in [4.69, 9.17) is 16.0 Å². The first-order valence-electron chi connectivity index (χ1n) is 7.72. The molecule has 22 heavy (non-hydrogen) atoms. The van der Waals surface area contributed by atoms with Gasteiger partial charge in [0.2, 0.25) is 0 Å². The molecule has 1 N–H and O–H groups in total. The quantitative estimate of drug-likeness (QED) is 0.924. The topological polar surface area (TPSA) is 58.4 Å². The van der Waals surface area contributed by atoms with Gasteiger partial charge in [-0.3, -0.25) is 9.69 Å². The van der Waals surface area contributed by atoms with Gasteiger partial charge in [0.25, 0.3) is 5.91 Å². The lowest BCUT2D eigenvalue weighted by Gasteiger charge is -2.49. The first kappa shape index (κ1) is 14.0. The van der Waals surface area contributed by atoms with Crippen molar-refractivity contribution in [1.29, 1.82) is 0 Å². The van der Waals surface area contributed by atoms with E-state index in [9.17, 15) is 4.79 Å². The van der Waals surface area contributed by atoms with Crippen LogP contribution in [0.5, 0.6) is 0 Å². The Morgan fingerprint density at radius 3 is 2.91 bits per heavy atom. The second-order valence-electron chi connectivity index (χ2n) is 6.27. The standard InChI is InChI=1S/C16H18ClN3O2/c1-9-15(10-2-4-20(9)5-3-10)19-16(21)12-6-11-7-14(17)22-13(11)8-18-12/h6-10,15H,2-5H2,1H3,(H,19,21). The largest absolute Gasteiger partial charge is 0.443 e. The number of rotatable bonds is 2. The number of furan rings is 1. The molecule has 5 rings (SSSR count). The fraction of sp³-hybridized carbons (Fsp3) is 0.500. The Morgan fingerprint density at radius 2 is 2.18 bits per heavy atom. The van der Waals surface area contributed by atoms with Gasteiger partial charge >= 0.3 is 0 Å². The van der Waals surface area contributed by atoms with Gasteiger partial charge in [-0.2, -0.15) is 0 Å². The van der Waals surface area contributed by atoms with Gasteiger partial charge < -0.3 is 9.73 Å². The summed E-state index contributed by atoms with van der Waals surface area (Å²) in [6.07, 6.45) is 3.88. The molecule has 0 spiro atoms. The van der Waals surface area contributed by atoms with Crippen molar-refractivity contribution in [2.45, 2.75) is 31.8 Å². The summed E-state index contributed by atoms with van der Waals surface area (Å²) in [5.41, 5.74) is 1.01. The summed E-state index contributed by atoms with van der Waals surface area (Å²) in [6.45, 7) is 4.49. The van der Waals surface area contributed by atoms with E-state index in [1.807, 2.05) is 0 Å². The molecule has 2 bridgehead atoms. The van der Waals surface area contributed by atoms with Crippen molar-refractivity contribution in [1.82, 2.24) is 15.2 Å².